The van der Waals surface area contributed by atoms with Crippen molar-refractivity contribution >= 4 is 5.82 Å². The van der Waals surface area contributed by atoms with E-state index in [1.165, 1.54) is 6.33 Å². The minimum absolute atomic E-state index is 0.169. The Bertz CT molecular complexity index is 361. The van der Waals surface area contributed by atoms with Crippen LogP contribution in [0.1, 0.15) is 25.6 Å². The van der Waals surface area contributed by atoms with Crippen LogP contribution in [0.25, 0.3) is 4.85 Å². The number of nitriles is 1. The van der Waals surface area contributed by atoms with E-state index in [9.17, 15) is 0 Å². The molecule has 1 heterocycles. The Hall–Kier alpha value is -1.81. The first-order valence-corrected chi connectivity index (χ1v) is 3.55. The molecule has 0 bridgehead atoms. The highest BCUT2D eigenvalue weighted by molar-refractivity contribution is 5.49. The van der Waals surface area contributed by atoms with E-state index in [-0.39, 0.29) is 11.9 Å². The van der Waals surface area contributed by atoms with E-state index in [4.69, 9.17) is 11.8 Å². The molecule has 0 aliphatic rings. The molecule has 4 heteroatoms. The number of rotatable bonds is 1. The maximum atomic E-state index is 8.71. The fourth-order valence-electron chi connectivity index (χ4n) is 0.932. The van der Waals surface area contributed by atoms with Gasteiger partial charge in [0.2, 0.25) is 0 Å². The molecule has 0 radical (unpaired) electrons. The largest absolute Gasteiger partial charge is 0.358 e. The van der Waals surface area contributed by atoms with E-state index in [0.717, 1.165) is 0 Å². The molecule has 0 aliphatic carbocycles. The summed E-state index contributed by atoms with van der Waals surface area (Å²) < 4.78 is 1.69. The van der Waals surface area contributed by atoms with Gasteiger partial charge in [0.1, 0.15) is 11.8 Å². The molecule has 0 atom stereocenters. The standard InChI is InChI=1S/C8H8N4/c1-6(2)12-5-11-8(10-3)7(12)4-9/h5-6H,1-2H3. The normalized spacial score (nSPS) is 9.42. The van der Waals surface area contributed by atoms with E-state index in [2.05, 4.69) is 9.83 Å². The van der Waals surface area contributed by atoms with Gasteiger partial charge in [-0.25, -0.2) is 0 Å². The molecule has 12 heavy (non-hydrogen) atoms. The third-order valence-corrected chi connectivity index (χ3v) is 1.54. The predicted octanol–water partition coefficient (Wildman–Crippen LogP) is 1.89. The molecule has 0 aromatic carbocycles. The lowest BCUT2D eigenvalue weighted by Gasteiger charge is -2.05. The van der Waals surface area contributed by atoms with Crippen LogP contribution in [0.5, 0.6) is 0 Å². The maximum Gasteiger partial charge on any atom is 0.305 e. The van der Waals surface area contributed by atoms with Gasteiger partial charge in [0.15, 0.2) is 6.33 Å². The molecular formula is C8H8N4. The van der Waals surface area contributed by atoms with Crippen LogP contribution in [0.3, 0.4) is 0 Å². The molecule has 0 N–H and O–H groups in total. The van der Waals surface area contributed by atoms with Crippen LogP contribution in [0.2, 0.25) is 0 Å². The summed E-state index contributed by atoms with van der Waals surface area (Å²) in [5.41, 5.74) is 0.347. The summed E-state index contributed by atoms with van der Waals surface area (Å²) >= 11 is 0. The third-order valence-electron chi connectivity index (χ3n) is 1.54. The summed E-state index contributed by atoms with van der Waals surface area (Å²) in [5.74, 6) is 0.186. The molecule has 0 saturated heterocycles. The minimum atomic E-state index is 0.169. The van der Waals surface area contributed by atoms with Crippen LogP contribution in [-0.4, -0.2) is 9.55 Å². The van der Waals surface area contributed by atoms with Crippen molar-refractivity contribution in [1.82, 2.24) is 9.55 Å². The number of nitrogens with zero attached hydrogens (tertiary/aromatic N) is 4. The van der Waals surface area contributed by atoms with Gasteiger partial charge < -0.3 is 9.41 Å². The Morgan fingerprint density at radius 1 is 1.75 bits per heavy atom. The number of hydrogen-bond donors (Lipinski definition) is 0. The second kappa shape index (κ2) is 3.06. The summed E-state index contributed by atoms with van der Waals surface area (Å²) in [5, 5.41) is 8.71. The van der Waals surface area contributed by atoms with Gasteiger partial charge >= 0.3 is 5.82 Å². The van der Waals surface area contributed by atoms with Crippen molar-refractivity contribution < 1.29 is 0 Å². The molecule has 0 unspecified atom stereocenters. The number of hydrogen-bond acceptors (Lipinski definition) is 2. The first-order valence-electron chi connectivity index (χ1n) is 3.55. The SMILES string of the molecule is [C-]#[N+]c1ncn(C(C)C)c1C#N. The lowest BCUT2D eigenvalue weighted by atomic mass is 10.3. The van der Waals surface area contributed by atoms with Crippen LogP contribution in [-0.2, 0) is 0 Å². The summed E-state index contributed by atoms with van der Waals surface area (Å²) in [6, 6.07) is 2.13. The molecule has 1 aromatic heterocycles. The molecule has 0 aliphatic heterocycles. The molecule has 0 spiro atoms. The highest BCUT2D eigenvalue weighted by atomic mass is 15.1. The lowest BCUT2D eigenvalue weighted by molar-refractivity contribution is 0.594. The quantitative estimate of drug-likeness (QED) is 0.589. The maximum absolute atomic E-state index is 8.71. The Kier molecular flexibility index (Phi) is 2.11. The fourth-order valence-corrected chi connectivity index (χ4v) is 0.932. The number of aromatic nitrogens is 2. The fraction of sp³-hybridized carbons (Fsp3) is 0.375. The average Bonchev–Trinajstić information content (AvgIpc) is 2.46. The molecule has 0 fully saturated rings. The Labute approximate surface area is 70.9 Å². The Balaban J connectivity index is 3.28. The molecule has 1 rings (SSSR count). The summed E-state index contributed by atoms with van der Waals surface area (Å²) in [7, 11) is 0. The van der Waals surface area contributed by atoms with E-state index in [1.54, 1.807) is 4.57 Å². The van der Waals surface area contributed by atoms with Crippen LogP contribution < -0.4 is 0 Å². The first kappa shape index (κ1) is 8.29. The molecule has 0 amide bonds. The van der Waals surface area contributed by atoms with Crippen molar-refractivity contribution in [2.24, 2.45) is 0 Å². The van der Waals surface area contributed by atoms with Crippen LogP contribution in [0, 0.1) is 17.9 Å². The zero-order chi connectivity index (χ0) is 9.14. The zero-order valence-corrected chi connectivity index (χ0v) is 6.94. The predicted molar refractivity (Wildman–Crippen MR) is 43.6 cm³/mol. The summed E-state index contributed by atoms with van der Waals surface area (Å²) in [4.78, 5) is 6.95. The highest BCUT2D eigenvalue weighted by Gasteiger charge is 2.12. The molecule has 60 valence electrons. The van der Waals surface area contributed by atoms with Gasteiger partial charge in [-0.15, -0.1) is 4.98 Å². The minimum Gasteiger partial charge on any atom is -0.358 e. The summed E-state index contributed by atoms with van der Waals surface area (Å²) in [6.45, 7) is 10.6. The van der Waals surface area contributed by atoms with Crippen molar-refractivity contribution in [2.45, 2.75) is 19.9 Å². The zero-order valence-electron chi connectivity index (χ0n) is 6.94. The van der Waals surface area contributed by atoms with E-state index in [1.807, 2.05) is 19.9 Å². The van der Waals surface area contributed by atoms with Crippen molar-refractivity contribution in [2.75, 3.05) is 0 Å². The number of imidazole rings is 1. The second-order valence-corrected chi connectivity index (χ2v) is 2.64. The molecule has 0 saturated carbocycles. The van der Waals surface area contributed by atoms with Gasteiger partial charge in [-0.2, -0.15) is 5.26 Å². The van der Waals surface area contributed by atoms with Gasteiger partial charge in [0, 0.05) is 6.04 Å². The van der Waals surface area contributed by atoms with Crippen molar-refractivity contribution in [3.8, 4) is 6.07 Å². The van der Waals surface area contributed by atoms with E-state index >= 15 is 0 Å². The molecule has 1 aromatic rings. The van der Waals surface area contributed by atoms with Crippen molar-refractivity contribution in [3.05, 3.63) is 23.4 Å². The van der Waals surface area contributed by atoms with E-state index < -0.39 is 0 Å². The lowest BCUT2D eigenvalue weighted by Crippen LogP contribution is -2.00. The topological polar surface area (TPSA) is 46.0 Å². The van der Waals surface area contributed by atoms with Crippen LogP contribution in [0.4, 0.5) is 5.82 Å². The molecule has 4 nitrogen and oxygen atoms in total. The van der Waals surface area contributed by atoms with Crippen molar-refractivity contribution in [3.63, 3.8) is 0 Å². The Morgan fingerprint density at radius 3 is 2.83 bits per heavy atom. The third kappa shape index (κ3) is 1.15. The average molecular weight is 160 g/mol. The molecular weight excluding hydrogens is 152 g/mol. The monoisotopic (exact) mass is 160 g/mol. The van der Waals surface area contributed by atoms with Gasteiger partial charge in [0.05, 0.1) is 0 Å². The first-order chi connectivity index (χ1) is 5.70. The summed E-state index contributed by atoms with van der Waals surface area (Å²) in [6.07, 6.45) is 1.52. The van der Waals surface area contributed by atoms with E-state index in [0.29, 0.717) is 5.69 Å². The van der Waals surface area contributed by atoms with Crippen LogP contribution in [0.15, 0.2) is 6.33 Å². The van der Waals surface area contributed by atoms with Gasteiger partial charge in [-0.05, 0) is 13.8 Å². The van der Waals surface area contributed by atoms with Gasteiger partial charge in [0.25, 0.3) is 0 Å². The second-order valence-electron chi connectivity index (χ2n) is 2.64. The highest BCUT2D eigenvalue weighted by Crippen LogP contribution is 2.19. The smallest absolute Gasteiger partial charge is 0.305 e. The van der Waals surface area contributed by atoms with Gasteiger partial charge in [-0.1, -0.05) is 6.57 Å². The van der Waals surface area contributed by atoms with Crippen molar-refractivity contribution in [1.29, 1.82) is 5.26 Å². The van der Waals surface area contributed by atoms with Gasteiger partial charge in [-0.3, -0.25) is 0 Å². The van der Waals surface area contributed by atoms with Crippen LogP contribution >= 0.6 is 0 Å². The Morgan fingerprint density at radius 2 is 2.42 bits per heavy atom.